The van der Waals surface area contributed by atoms with Crippen molar-refractivity contribution in [1.82, 2.24) is 14.9 Å². The van der Waals surface area contributed by atoms with Crippen LogP contribution < -0.4 is 15.1 Å². The Morgan fingerprint density at radius 2 is 1.58 bits per heavy atom. The number of thiocarbonyl (C=S) groups is 1. The molecule has 3 heterocycles. The van der Waals surface area contributed by atoms with E-state index in [1.165, 1.54) is 28.3 Å². The summed E-state index contributed by atoms with van der Waals surface area (Å²) in [6.07, 6.45) is 1.85. The number of hydrogen-bond acceptors (Lipinski definition) is 3. The van der Waals surface area contributed by atoms with Crippen LogP contribution in [-0.4, -0.2) is 27.8 Å². The largest absolute Gasteiger partial charge is 0.372 e. The van der Waals surface area contributed by atoms with Gasteiger partial charge in [0, 0.05) is 47.7 Å². The Morgan fingerprint density at radius 1 is 0.889 bits per heavy atom. The lowest BCUT2D eigenvalue weighted by molar-refractivity contribution is 0.565. The molecule has 5 rings (SSSR count). The van der Waals surface area contributed by atoms with Gasteiger partial charge in [-0.2, -0.15) is 0 Å². The summed E-state index contributed by atoms with van der Waals surface area (Å²) in [5.41, 5.74) is 8.13. The maximum absolute atomic E-state index is 5.89. The van der Waals surface area contributed by atoms with E-state index < -0.39 is 0 Å². The number of hydrogen-bond donors (Lipinski definition) is 1. The Hall–Kier alpha value is -3.64. The lowest BCUT2D eigenvalue weighted by Crippen LogP contribution is -2.29. The number of anilines is 2. The first kappa shape index (κ1) is 24.1. The van der Waals surface area contributed by atoms with E-state index in [1.54, 1.807) is 0 Å². The predicted molar refractivity (Wildman–Crippen MR) is 153 cm³/mol. The highest BCUT2D eigenvalue weighted by atomic mass is 32.1. The van der Waals surface area contributed by atoms with Crippen molar-refractivity contribution in [2.45, 2.75) is 39.8 Å². The number of nitrogens with zero attached hydrogens (tertiary/aromatic N) is 4. The Morgan fingerprint density at radius 3 is 2.22 bits per heavy atom. The molecular weight excluding hydrogens is 462 g/mol. The number of nitrogens with one attached hydrogen (secondary N) is 1. The first-order valence-corrected chi connectivity index (χ1v) is 13.0. The van der Waals surface area contributed by atoms with Gasteiger partial charge in [-0.1, -0.05) is 24.3 Å². The Labute approximate surface area is 219 Å². The Balaban J connectivity index is 1.60. The van der Waals surface area contributed by atoms with Crippen LogP contribution in [-0.2, 0) is 0 Å². The van der Waals surface area contributed by atoms with Crippen LogP contribution in [0.25, 0.3) is 5.69 Å². The third-order valence-corrected chi connectivity index (χ3v) is 7.47. The molecule has 2 atom stereocenters. The molecule has 1 aliphatic heterocycles. The van der Waals surface area contributed by atoms with E-state index in [1.807, 2.05) is 24.4 Å². The first-order valence-electron chi connectivity index (χ1n) is 12.6. The van der Waals surface area contributed by atoms with Crippen LogP contribution in [0.3, 0.4) is 0 Å². The van der Waals surface area contributed by atoms with Gasteiger partial charge in [0.05, 0.1) is 17.8 Å². The fourth-order valence-corrected chi connectivity index (χ4v) is 5.77. The molecule has 1 fully saturated rings. The first-order chi connectivity index (χ1) is 17.5. The number of aromatic nitrogens is 2. The zero-order valence-corrected chi connectivity index (χ0v) is 22.2. The number of aryl methyl sites for hydroxylation is 1. The zero-order chi connectivity index (χ0) is 25.2. The monoisotopic (exact) mass is 495 g/mol. The van der Waals surface area contributed by atoms with E-state index in [4.69, 9.17) is 17.2 Å². The van der Waals surface area contributed by atoms with Crippen molar-refractivity contribution in [3.8, 4) is 5.69 Å². The molecule has 0 unspecified atom stereocenters. The fraction of sp³-hybridized carbons (Fsp3) is 0.267. The van der Waals surface area contributed by atoms with Crippen molar-refractivity contribution in [3.63, 3.8) is 0 Å². The third kappa shape index (κ3) is 4.26. The average molecular weight is 496 g/mol. The summed E-state index contributed by atoms with van der Waals surface area (Å²) in [5, 5.41) is 4.29. The maximum atomic E-state index is 5.89. The molecule has 0 spiro atoms. The molecule has 5 nitrogen and oxygen atoms in total. The number of benzene rings is 2. The van der Waals surface area contributed by atoms with E-state index in [-0.39, 0.29) is 12.1 Å². The molecule has 0 radical (unpaired) electrons. The van der Waals surface area contributed by atoms with Crippen molar-refractivity contribution in [2.75, 3.05) is 22.9 Å². The lowest BCUT2D eigenvalue weighted by atomic mass is 9.96. The second-order valence-corrected chi connectivity index (χ2v) is 9.57. The topological polar surface area (TPSA) is 36.3 Å². The smallest absolute Gasteiger partial charge is 0.174 e. The summed E-state index contributed by atoms with van der Waals surface area (Å²) >= 11 is 5.89. The summed E-state index contributed by atoms with van der Waals surface area (Å²) in [6.45, 7) is 10.8. The van der Waals surface area contributed by atoms with Gasteiger partial charge in [0.1, 0.15) is 0 Å². The summed E-state index contributed by atoms with van der Waals surface area (Å²) < 4.78 is 2.35. The normalized spacial score (nSPS) is 17.3. The van der Waals surface area contributed by atoms with Crippen LogP contribution in [0.5, 0.6) is 0 Å². The van der Waals surface area contributed by atoms with Crippen LogP contribution in [0.15, 0.2) is 85.1 Å². The quantitative estimate of drug-likeness (QED) is 0.296. The lowest BCUT2D eigenvalue weighted by Gasteiger charge is -2.28. The summed E-state index contributed by atoms with van der Waals surface area (Å²) in [4.78, 5) is 9.30. The second-order valence-electron chi connectivity index (χ2n) is 9.18. The van der Waals surface area contributed by atoms with Gasteiger partial charge >= 0.3 is 0 Å². The van der Waals surface area contributed by atoms with E-state index in [9.17, 15) is 0 Å². The third-order valence-electron chi connectivity index (χ3n) is 7.16. The summed E-state index contributed by atoms with van der Waals surface area (Å²) in [5.74, 6) is 0. The molecule has 0 bridgehead atoms. The van der Waals surface area contributed by atoms with Gasteiger partial charge in [0.25, 0.3) is 0 Å². The molecule has 2 aromatic carbocycles. The molecule has 4 aromatic rings. The van der Waals surface area contributed by atoms with Crippen molar-refractivity contribution in [1.29, 1.82) is 0 Å². The van der Waals surface area contributed by atoms with E-state index >= 15 is 0 Å². The predicted octanol–water partition coefficient (Wildman–Crippen LogP) is 6.51. The van der Waals surface area contributed by atoms with Gasteiger partial charge in [-0.25, -0.2) is 0 Å². The van der Waals surface area contributed by atoms with Gasteiger partial charge < -0.3 is 19.7 Å². The van der Waals surface area contributed by atoms with E-state index in [2.05, 4.69) is 108 Å². The highest BCUT2D eigenvalue weighted by molar-refractivity contribution is 7.80. The van der Waals surface area contributed by atoms with Crippen LogP contribution in [0, 0.1) is 13.8 Å². The molecule has 6 heteroatoms. The fourth-order valence-electron chi connectivity index (χ4n) is 5.42. The second kappa shape index (κ2) is 10.2. The van der Waals surface area contributed by atoms with Gasteiger partial charge in [-0.15, -0.1) is 0 Å². The number of para-hydroxylation sites is 1. The standard InChI is InChI=1S/C30H33N5S/c1-5-33(6-2)23-15-17-25(18-16-23)34-21(3)20-26(22(34)4)29-28(27-14-10-11-19-31-27)32-30(36)35(29)24-12-8-7-9-13-24/h7-20,28-29H,5-6H2,1-4H3,(H,32,36)/t28-,29-/m0/s1. The summed E-state index contributed by atoms with van der Waals surface area (Å²) in [6, 6.07) is 27.6. The summed E-state index contributed by atoms with van der Waals surface area (Å²) in [7, 11) is 0. The van der Waals surface area contributed by atoms with Crippen LogP contribution >= 0.6 is 12.2 Å². The minimum atomic E-state index is -0.0575. The number of pyridine rings is 1. The van der Waals surface area contributed by atoms with Crippen LogP contribution in [0.1, 0.15) is 48.6 Å². The van der Waals surface area contributed by atoms with Gasteiger partial charge in [0.15, 0.2) is 5.11 Å². The molecule has 36 heavy (non-hydrogen) atoms. The van der Waals surface area contributed by atoms with Crippen molar-refractivity contribution in [3.05, 3.63) is 108 Å². The van der Waals surface area contributed by atoms with Gasteiger partial charge in [-0.05, 0) is 100 Å². The Kier molecular flexibility index (Phi) is 6.79. The molecule has 1 N–H and O–H groups in total. The van der Waals surface area contributed by atoms with Crippen LogP contribution in [0.2, 0.25) is 0 Å². The molecule has 1 aliphatic rings. The average Bonchev–Trinajstić information content (AvgIpc) is 3.41. The van der Waals surface area contributed by atoms with Gasteiger partial charge in [-0.3, -0.25) is 4.98 Å². The molecule has 1 saturated heterocycles. The number of rotatable bonds is 7. The van der Waals surface area contributed by atoms with Crippen molar-refractivity contribution in [2.24, 2.45) is 0 Å². The minimum absolute atomic E-state index is 0.0234. The maximum Gasteiger partial charge on any atom is 0.174 e. The van der Waals surface area contributed by atoms with Crippen molar-refractivity contribution < 1.29 is 0 Å². The molecule has 0 aliphatic carbocycles. The highest BCUT2D eigenvalue weighted by Gasteiger charge is 2.42. The van der Waals surface area contributed by atoms with Crippen LogP contribution in [0.4, 0.5) is 11.4 Å². The molecule has 0 amide bonds. The molecule has 0 saturated carbocycles. The molecule has 184 valence electrons. The zero-order valence-electron chi connectivity index (χ0n) is 21.3. The highest BCUT2D eigenvalue weighted by Crippen LogP contribution is 2.43. The SMILES string of the molecule is CCN(CC)c1ccc(-n2c(C)cc([C@H]3[C@H](c4ccccn4)NC(=S)N3c3ccccc3)c2C)cc1. The molecular formula is C30H33N5S. The van der Waals surface area contributed by atoms with Gasteiger partial charge in [0.2, 0.25) is 0 Å². The van der Waals surface area contributed by atoms with E-state index in [0.717, 1.165) is 29.6 Å². The minimum Gasteiger partial charge on any atom is -0.372 e. The molecule has 2 aromatic heterocycles. The van der Waals surface area contributed by atoms with Crippen molar-refractivity contribution >= 4 is 28.7 Å². The van der Waals surface area contributed by atoms with E-state index in [0.29, 0.717) is 0 Å². The Bertz CT molecular complexity index is 1330.